The fourth-order valence-corrected chi connectivity index (χ4v) is 5.08. The number of aryl methyl sites for hydroxylation is 2. The van der Waals surface area contributed by atoms with Gasteiger partial charge in [-0.15, -0.1) is 21.5 Å². The molecule has 0 radical (unpaired) electrons. The third kappa shape index (κ3) is 6.20. The smallest absolute Gasteiger partial charge is 0.257 e. The number of aromatic nitrogens is 4. The summed E-state index contributed by atoms with van der Waals surface area (Å²) in [6, 6.07) is 12.9. The van der Waals surface area contributed by atoms with Gasteiger partial charge in [-0.05, 0) is 63.1 Å². The second kappa shape index (κ2) is 11.7. The topological polar surface area (TPSA) is 100 Å². The van der Waals surface area contributed by atoms with E-state index in [9.17, 15) is 4.79 Å². The quantitative estimate of drug-likeness (QED) is 0.286. The summed E-state index contributed by atoms with van der Waals surface area (Å²) in [6.07, 6.45) is 5.99. The van der Waals surface area contributed by atoms with Gasteiger partial charge in [0.1, 0.15) is 29.2 Å². The second-order valence-electron chi connectivity index (χ2n) is 9.34. The van der Waals surface area contributed by atoms with Crippen molar-refractivity contribution in [3.8, 4) is 28.6 Å². The Hall–Kier alpha value is -3.76. The molecular weight excluding hydrogens is 502 g/mol. The van der Waals surface area contributed by atoms with Crippen LogP contribution in [0.4, 0.5) is 5.13 Å². The maximum atomic E-state index is 13.0. The van der Waals surface area contributed by atoms with E-state index in [0.29, 0.717) is 34.6 Å². The van der Waals surface area contributed by atoms with Gasteiger partial charge in [0, 0.05) is 48.3 Å². The van der Waals surface area contributed by atoms with E-state index >= 15 is 0 Å². The Morgan fingerprint density at radius 1 is 1.08 bits per heavy atom. The van der Waals surface area contributed by atoms with E-state index in [2.05, 4.69) is 25.1 Å². The molecule has 1 N–H and O–H groups in total. The summed E-state index contributed by atoms with van der Waals surface area (Å²) in [5, 5.41) is 12.2. The average molecular weight is 534 g/mol. The third-order valence-electron chi connectivity index (χ3n) is 6.18. The fourth-order valence-electron chi connectivity index (χ4n) is 4.42. The summed E-state index contributed by atoms with van der Waals surface area (Å²) in [4.78, 5) is 18.3. The largest absolute Gasteiger partial charge is 0.488 e. The van der Waals surface area contributed by atoms with Gasteiger partial charge >= 0.3 is 0 Å². The number of rotatable bonds is 9. The molecule has 1 aliphatic rings. The molecule has 0 fully saturated rings. The monoisotopic (exact) mass is 533 g/mol. The number of thiazole rings is 1. The maximum Gasteiger partial charge on any atom is 0.257 e. The molecule has 1 amide bonds. The first kappa shape index (κ1) is 25.9. The highest BCUT2D eigenvalue weighted by atomic mass is 32.1. The molecular formula is C28H31N5O4S. The van der Waals surface area contributed by atoms with Crippen molar-refractivity contribution < 1.29 is 19.0 Å². The molecule has 38 heavy (non-hydrogen) atoms. The number of nitrogens with zero attached hydrogens (tertiary/aromatic N) is 4. The SMILES string of the molecule is COC[C@@H](C)Oc1cc(Oc2ccc(-c3nnc4n3CCCCC4)cc2)cc(C(=O)Nc2ncc(C)s2)c1. The first-order valence-corrected chi connectivity index (χ1v) is 13.5. The van der Waals surface area contributed by atoms with Crippen LogP contribution in [-0.2, 0) is 17.7 Å². The van der Waals surface area contributed by atoms with Crippen LogP contribution < -0.4 is 14.8 Å². The number of nitrogens with one attached hydrogen (secondary N) is 1. The number of fused-ring (bicyclic) bond motifs is 1. The van der Waals surface area contributed by atoms with Gasteiger partial charge < -0.3 is 18.8 Å². The van der Waals surface area contributed by atoms with Crippen molar-refractivity contribution in [1.82, 2.24) is 19.7 Å². The average Bonchev–Trinajstić information content (AvgIpc) is 3.42. The van der Waals surface area contributed by atoms with E-state index in [4.69, 9.17) is 14.2 Å². The number of benzene rings is 2. The van der Waals surface area contributed by atoms with Crippen LogP contribution in [0, 0.1) is 6.92 Å². The number of hydrogen-bond donors (Lipinski definition) is 1. The van der Waals surface area contributed by atoms with Gasteiger partial charge in [0.25, 0.3) is 5.91 Å². The van der Waals surface area contributed by atoms with Gasteiger partial charge in [-0.3, -0.25) is 10.1 Å². The lowest BCUT2D eigenvalue weighted by molar-refractivity contribution is 0.0916. The zero-order valence-corrected chi connectivity index (χ0v) is 22.6. The zero-order valence-electron chi connectivity index (χ0n) is 21.8. The molecule has 3 heterocycles. The molecule has 0 bridgehead atoms. The molecule has 10 heteroatoms. The van der Waals surface area contributed by atoms with Crippen molar-refractivity contribution in [1.29, 1.82) is 0 Å². The van der Waals surface area contributed by atoms with E-state index in [1.54, 1.807) is 31.5 Å². The summed E-state index contributed by atoms with van der Waals surface area (Å²) in [5.74, 6) is 3.26. The van der Waals surface area contributed by atoms with Gasteiger partial charge in [0.05, 0.1) is 6.61 Å². The highest BCUT2D eigenvalue weighted by molar-refractivity contribution is 7.15. The van der Waals surface area contributed by atoms with Crippen LogP contribution in [0.5, 0.6) is 17.2 Å². The predicted octanol–water partition coefficient (Wildman–Crippen LogP) is 5.89. The van der Waals surface area contributed by atoms with Crippen molar-refractivity contribution >= 4 is 22.4 Å². The molecule has 4 aromatic rings. The lowest BCUT2D eigenvalue weighted by Gasteiger charge is -2.16. The highest BCUT2D eigenvalue weighted by Gasteiger charge is 2.17. The Morgan fingerprint density at radius 2 is 1.89 bits per heavy atom. The number of ether oxygens (including phenoxy) is 3. The zero-order chi connectivity index (χ0) is 26.5. The van der Waals surface area contributed by atoms with Crippen molar-refractivity contribution in [2.75, 3.05) is 19.0 Å². The summed E-state index contributed by atoms with van der Waals surface area (Å²) < 4.78 is 19.6. The number of anilines is 1. The van der Waals surface area contributed by atoms with Crippen LogP contribution in [0.2, 0.25) is 0 Å². The molecule has 2 aromatic heterocycles. The molecule has 1 aliphatic heterocycles. The van der Waals surface area contributed by atoms with Crippen molar-refractivity contribution in [2.24, 2.45) is 0 Å². The van der Waals surface area contributed by atoms with Gasteiger partial charge in [0.2, 0.25) is 0 Å². The summed E-state index contributed by atoms with van der Waals surface area (Å²) >= 11 is 1.42. The van der Waals surface area contributed by atoms with Crippen molar-refractivity contribution in [2.45, 2.75) is 52.2 Å². The number of methoxy groups -OCH3 is 1. The van der Waals surface area contributed by atoms with Crippen molar-refractivity contribution in [3.05, 3.63) is 64.9 Å². The molecule has 9 nitrogen and oxygen atoms in total. The molecule has 2 aromatic carbocycles. The molecule has 0 saturated carbocycles. The lowest BCUT2D eigenvalue weighted by atomic mass is 10.1. The number of carbonyl (C=O) groups excluding carboxylic acids is 1. The molecule has 0 unspecified atom stereocenters. The van der Waals surface area contributed by atoms with E-state index in [-0.39, 0.29) is 12.0 Å². The second-order valence-corrected chi connectivity index (χ2v) is 10.6. The lowest BCUT2D eigenvalue weighted by Crippen LogP contribution is -2.18. The Kier molecular flexibility index (Phi) is 8.00. The molecule has 1 atom stereocenters. The van der Waals surface area contributed by atoms with Crippen LogP contribution in [0.15, 0.2) is 48.7 Å². The van der Waals surface area contributed by atoms with Crippen LogP contribution in [0.25, 0.3) is 11.4 Å². The van der Waals surface area contributed by atoms with Gasteiger partial charge in [-0.25, -0.2) is 4.98 Å². The third-order valence-corrected chi connectivity index (χ3v) is 7.01. The first-order chi connectivity index (χ1) is 18.5. The standard InChI is InChI=1S/C28H31N5O4S/c1-18(17-35-3)36-23-13-21(27(34)30-28-29-16-19(2)38-28)14-24(15-23)37-22-10-8-20(9-11-22)26-32-31-25-7-5-4-6-12-33(25)26/h8-11,13-16,18H,4-7,12,17H2,1-3H3,(H,29,30,34)/t18-/m1/s1. The van der Waals surface area contributed by atoms with Gasteiger partial charge in [-0.1, -0.05) is 6.42 Å². The van der Waals surface area contributed by atoms with E-state index in [1.807, 2.05) is 38.1 Å². The van der Waals surface area contributed by atoms with E-state index < -0.39 is 0 Å². The minimum atomic E-state index is -0.295. The number of hydrogen-bond acceptors (Lipinski definition) is 8. The number of carbonyl (C=O) groups is 1. The van der Waals surface area contributed by atoms with Crippen molar-refractivity contribution in [3.63, 3.8) is 0 Å². The summed E-state index contributed by atoms with van der Waals surface area (Å²) in [7, 11) is 1.62. The van der Waals surface area contributed by atoms with Crippen LogP contribution >= 0.6 is 11.3 Å². The van der Waals surface area contributed by atoms with Gasteiger partial charge in [-0.2, -0.15) is 0 Å². The van der Waals surface area contributed by atoms with E-state index in [0.717, 1.165) is 47.9 Å². The Bertz CT molecular complexity index is 1400. The Balaban J connectivity index is 1.37. The minimum Gasteiger partial charge on any atom is -0.488 e. The molecule has 198 valence electrons. The molecule has 0 aliphatic carbocycles. The Morgan fingerprint density at radius 3 is 2.66 bits per heavy atom. The summed E-state index contributed by atoms with van der Waals surface area (Å²) in [5.41, 5.74) is 1.39. The van der Waals surface area contributed by atoms with Crippen LogP contribution in [-0.4, -0.2) is 45.5 Å². The van der Waals surface area contributed by atoms with Gasteiger partial charge in [0.15, 0.2) is 11.0 Å². The molecule has 5 rings (SSSR count). The normalized spacial score (nSPS) is 13.9. The summed E-state index contributed by atoms with van der Waals surface area (Å²) in [6.45, 7) is 5.20. The van der Waals surface area contributed by atoms with E-state index in [1.165, 1.54) is 17.8 Å². The predicted molar refractivity (Wildman–Crippen MR) is 146 cm³/mol. The maximum absolute atomic E-state index is 13.0. The van der Waals surface area contributed by atoms with Crippen LogP contribution in [0.3, 0.4) is 0 Å². The molecule has 0 spiro atoms. The molecule has 0 saturated heterocycles. The first-order valence-electron chi connectivity index (χ1n) is 12.7. The Labute approximate surface area is 225 Å². The fraction of sp³-hybridized carbons (Fsp3) is 0.357. The number of amides is 1. The van der Waals surface area contributed by atoms with Crippen LogP contribution in [0.1, 0.15) is 47.2 Å². The highest BCUT2D eigenvalue weighted by Crippen LogP contribution is 2.31. The minimum absolute atomic E-state index is 0.203.